The van der Waals surface area contributed by atoms with Gasteiger partial charge in [0.05, 0.1) is 20.8 Å². The number of hydrogen-bond acceptors (Lipinski definition) is 5. The van der Waals surface area contributed by atoms with Gasteiger partial charge in [-0.05, 0) is 38.0 Å². The number of amides is 1. The maximum atomic E-state index is 12.6. The summed E-state index contributed by atoms with van der Waals surface area (Å²) in [5.74, 6) is -0.120. The van der Waals surface area contributed by atoms with Crippen LogP contribution in [0.25, 0.3) is 20.4 Å². The predicted molar refractivity (Wildman–Crippen MR) is 100 cm³/mol. The van der Waals surface area contributed by atoms with Crippen LogP contribution in [0.15, 0.2) is 18.2 Å². The second-order valence-corrected chi connectivity index (χ2v) is 7.92. The van der Waals surface area contributed by atoms with Crippen LogP contribution in [-0.4, -0.2) is 20.7 Å². The number of thiophene rings is 1. The van der Waals surface area contributed by atoms with Crippen molar-refractivity contribution in [2.24, 2.45) is 7.05 Å². The number of rotatable bonds is 2. The lowest BCUT2D eigenvalue weighted by molar-refractivity contribution is 0.103. The molecule has 1 aromatic carbocycles. The quantitative estimate of drug-likeness (QED) is 0.578. The van der Waals surface area contributed by atoms with Gasteiger partial charge in [-0.25, -0.2) is 4.98 Å². The number of nitrogens with one attached hydrogen (secondary N) is 1. The van der Waals surface area contributed by atoms with E-state index in [2.05, 4.69) is 34.5 Å². The van der Waals surface area contributed by atoms with Crippen molar-refractivity contribution in [2.45, 2.75) is 20.8 Å². The van der Waals surface area contributed by atoms with Crippen molar-refractivity contribution in [3.63, 3.8) is 0 Å². The fraction of sp³-hybridized carbons (Fsp3) is 0.235. The van der Waals surface area contributed by atoms with E-state index in [4.69, 9.17) is 0 Å². The van der Waals surface area contributed by atoms with E-state index in [9.17, 15) is 4.79 Å². The molecule has 0 fully saturated rings. The molecule has 7 heteroatoms. The third-order valence-corrected chi connectivity index (χ3v) is 6.39. The topological polar surface area (TPSA) is 59.8 Å². The zero-order valence-electron chi connectivity index (χ0n) is 13.8. The first-order valence-electron chi connectivity index (χ1n) is 7.55. The Bertz CT molecular complexity index is 1030. The van der Waals surface area contributed by atoms with E-state index in [1.807, 2.05) is 31.6 Å². The van der Waals surface area contributed by atoms with Gasteiger partial charge in [-0.1, -0.05) is 23.5 Å². The molecule has 0 bridgehead atoms. The van der Waals surface area contributed by atoms with Gasteiger partial charge in [0, 0.05) is 12.4 Å². The summed E-state index contributed by atoms with van der Waals surface area (Å²) in [5.41, 5.74) is 4.20. The van der Waals surface area contributed by atoms with Crippen LogP contribution in [0, 0.1) is 20.8 Å². The van der Waals surface area contributed by atoms with Crippen molar-refractivity contribution >= 4 is 54.1 Å². The summed E-state index contributed by atoms with van der Waals surface area (Å²) in [5, 5.41) is 8.98. The number of carbonyl (C=O) groups is 1. The summed E-state index contributed by atoms with van der Waals surface area (Å²) < 4.78 is 2.94. The Morgan fingerprint density at radius 1 is 1.17 bits per heavy atom. The lowest BCUT2D eigenvalue weighted by Gasteiger charge is -1.97. The number of thiazole rings is 1. The van der Waals surface area contributed by atoms with E-state index in [0.717, 1.165) is 31.7 Å². The molecule has 1 N–H and O–H groups in total. The molecule has 3 aromatic heterocycles. The third kappa shape index (κ3) is 2.32. The molecule has 4 aromatic rings. The van der Waals surface area contributed by atoms with E-state index in [-0.39, 0.29) is 5.91 Å². The Morgan fingerprint density at radius 3 is 2.62 bits per heavy atom. The first-order valence-corrected chi connectivity index (χ1v) is 9.18. The smallest absolute Gasteiger partial charge is 0.267 e. The van der Waals surface area contributed by atoms with Crippen molar-refractivity contribution in [3.05, 3.63) is 39.9 Å². The van der Waals surface area contributed by atoms with Gasteiger partial charge in [0.1, 0.15) is 4.83 Å². The van der Waals surface area contributed by atoms with Gasteiger partial charge in [-0.2, -0.15) is 5.10 Å². The number of aromatic nitrogens is 3. The molecule has 0 unspecified atom stereocenters. The summed E-state index contributed by atoms with van der Waals surface area (Å²) >= 11 is 2.97. The van der Waals surface area contributed by atoms with Crippen LogP contribution >= 0.6 is 22.7 Å². The lowest BCUT2D eigenvalue weighted by atomic mass is 10.1. The second-order valence-electron chi connectivity index (χ2n) is 5.89. The third-order valence-electron chi connectivity index (χ3n) is 4.08. The summed E-state index contributed by atoms with van der Waals surface area (Å²) in [6, 6.07) is 6.05. The van der Waals surface area contributed by atoms with E-state index in [0.29, 0.717) is 10.0 Å². The van der Waals surface area contributed by atoms with Crippen LogP contribution in [0.5, 0.6) is 0 Å². The second kappa shape index (κ2) is 5.39. The summed E-state index contributed by atoms with van der Waals surface area (Å²) in [6.45, 7) is 6.05. The highest BCUT2D eigenvalue weighted by Crippen LogP contribution is 2.32. The average molecular weight is 356 g/mol. The summed E-state index contributed by atoms with van der Waals surface area (Å²) in [7, 11) is 1.90. The number of benzene rings is 1. The number of hydrogen-bond donors (Lipinski definition) is 1. The van der Waals surface area contributed by atoms with E-state index >= 15 is 0 Å². The van der Waals surface area contributed by atoms with Gasteiger partial charge in [0.15, 0.2) is 5.13 Å². The van der Waals surface area contributed by atoms with Crippen LogP contribution in [0.1, 0.15) is 26.5 Å². The van der Waals surface area contributed by atoms with Gasteiger partial charge in [-0.15, -0.1) is 11.3 Å². The molecule has 0 saturated heterocycles. The maximum Gasteiger partial charge on any atom is 0.267 e. The van der Waals surface area contributed by atoms with Gasteiger partial charge >= 0.3 is 0 Å². The number of nitrogens with zero attached hydrogens (tertiary/aromatic N) is 3. The van der Waals surface area contributed by atoms with Gasteiger partial charge in [0.25, 0.3) is 5.91 Å². The van der Waals surface area contributed by atoms with Gasteiger partial charge in [0.2, 0.25) is 0 Å². The van der Waals surface area contributed by atoms with Gasteiger partial charge < -0.3 is 0 Å². The fourth-order valence-corrected chi connectivity index (χ4v) is 4.81. The number of fused-ring (bicyclic) bond motifs is 2. The molecule has 0 aliphatic rings. The molecule has 0 saturated carbocycles. The maximum absolute atomic E-state index is 12.6. The van der Waals surface area contributed by atoms with Crippen molar-refractivity contribution in [3.8, 4) is 0 Å². The molecule has 24 heavy (non-hydrogen) atoms. The lowest BCUT2D eigenvalue weighted by Crippen LogP contribution is -2.09. The number of anilines is 1. The number of aryl methyl sites for hydroxylation is 4. The van der Waals surface area contributed by atoms with E-state index < -0.39 is 0 Å². The minimum absolute atomic E-state index is 0.120. The Morgan fingerprint density at radius 2 is 1.92 bits per heavy atom. The Hall–Kier alpha value is -2.25. The molecule has 0 aliphatic carbocycles. The zero-order chi connectivity index (χ0) is 17.0. The molecule has 3 heterocycles. The minimum Gasteiger partial charge on any atom is -0.297 e. The molecule has 1 amide bonds. The molecule has 4 rings (SSSR count). The Labute approximate surface area is 146 Å². The van der Waals surface area contributed by atoms with Crippen LogP contribution in [0.4, 0.5) is 5.13 Å². The normalized spacial score (nSPS) is 11.5. The van der Waals surface area contributed by atoms with Crippen LogP contribution in [-0.2, 0) is 7.05 Å². The van der Waals surface area contributed by atoms with Gasteiger partial charge in [-0.3, -0.25) is 14.8 Å². The van der Waals surface area contributed by atoms with Crippen LogP contribution in [0.2, 0.25) is 0 Å². The monoisotopic (exact) mass is 356 g/mol. The van der Waals surface area contributed by atoms with Crippen molar-refractivity contribution in [2.75, 3.05) is 5.32 Å². The first kappa shape index (κ1) is 15.3. The Balaban J connectivity index is 1.69. The number of carbonyl (C=O) groups excluding carboxylic acids is 1. The molecule has 0 atom stereocenters. The summed E-state index contributed by atoms with van der Waals surface area (Å²) in [6.07, 6.45) is 0. The fourth-order valence-electron chi connectivity index (χ4n) is 2.79. The highest BCUT2D eigenvalue weighted by atomic mass is 32.1. The van der Waals surface area contributed by atoms with Crippen molar-refractivity contribution < 1.29 is 4.79 Å². The molecule has 0 radical (unpaired) electrons. The molecule has 0 aliphatic heterocycles. The highest BCUT2D eigenvalue weighted by Gasteiger charge is 2.17. The average Bonchev–Trinajstić information content (AvgIpc) is 3.20. The minimum atomic E-state index is -0.120. The van der Waals surface area contributed by atoms with E-state index in [1.165, 1.54) is 28.2 Å². The molecule has 0 spiro atoms. The molecular weight excluding hydrogens is 340 g/mol. The molecule has 122 valence electrons. The van der Waals surface area contributed by atoms with Crippen LogP contribution in [0.3, 0.4) is 0 Å². The highest BCUT2D eigenvalue weighted by molar-refractivity contribution is 7.23. The Kier molecular flexibility index (Phi) is 3.43. The van der Waals surface area contributed by atoms with Crippen LogP contribution < -0.4 is 5.32 Å². The predicted octanol–water partition coefficient (Wildman–Crippen LogP) is 4.42. The molecular formula is C17H16N4OS2. The zero-order valence-corrected chi connectivity index (χ0v) is 15.4. The standard InChI is InChI=1S/C17H16N4OS2/c1-8-5-6-9(2)14-13(8)18-17(24-14)19-15(22)12-7-11-10(3)20-21(4)16(11)23-12/h5-7H,1-4H3,(H,18,19,22). The van der Waals surface area contributed by atoms with E-state index in [1.54, 1.807) is 0 Å². The summed E-state index contributed by atoms with van der Waals surface area (Å²) in [4.78, 5) is 18.9. The largest absolute Gasteiger partial charge is 0.297 e. The SMILES string of the molecule is Cc1nn(C)c2sc(C(=O)Nc3nc4c(C)ccc(C)c4s3)cc12. The van der Waals surface area contributed by atoms with Crippen molar-refractivity contribution in [1.29, 1.82) is 0 Å². The molecule has 5 nitrogen and oxygen atoms in total. The van der Waals surface area contributed by atoms with Crippen molar-refractivity contribution in [1.82, 2.24) is 14.8 Å². The first-order chi connectivity index (χ1) is 11.4.